The van der Waals surface area contributed by atoms with Gasteiger partial charge in [0, 0.05) is 25.8 Å². The molecule has 5 nitrogen and oxygen atoms in total. The largest absolute Gasteiger partial charge is 0.328 e. The molecular weight excluding hydrogens is 266 g/mol. The highest BCUT2D eigenvalue weighted by Crippen LogP contribution is 1.97. The number of halogens is 1. The molecule has 0 radical (unpaired) electrons. The highest BCUT2D eigenvalue weighted by atomic mass is 35.5. The fourth-order valence-electron chi connectivity index (χ4n) is 1.68. The molecule has 0 saturated carbocycles. The fourth-order valence-corrected chi connectivity index (χ4v) is 1.84. The molecule has 0 bridgehead atoms. The number of benzene rings is 1. The van der Waals surface area contributed by atoms with Gasteiger partial charge in [-0.2, -0.15) is 0 Å². The number of rotatable bonds is 5. The molecule has 2 aromatic rings. The van der Waals surface area contributed by atoms with Gasteiger partial charge in [0.15, 0.2) is 0 Å². The number of nitrogens with zero attached hydrogens (tertiary/aromatic N) is 1. The predicted molar refractivity (Wildman–Crippen MR) is 74.5 cm³/mol. The predicted octanol–water partition coefficient (Wildman–Crippen LogP) is 0.980. The summed E-state index contributed by atoms with van der Waals surface area (Å²) in [6, 6.07) is 9.96. The molecule has 0 fully saturated rings. The molecule has 0 aliphatic rings. The van der Waals surface area contributed by atoms with Gasteiger partial charge in [-0.05, 0) is 5.56 Å². The van der Waals surface area contributed by atoms with Gasteiger partial charge >= 0.3 is 5.69 Å². The van der Waals surface area contributed by atoms with Crippen LogP contribution in [0.1, 0.15) is 5.56 Å². The van der Waals surface area contributed by atoms with Gasteiger partial charge in [0.25, 0.3) is 5.56 Å². The zero-order valence-electron chi connectivity index (χ0n) is 10.2. The average molecular weight is 280 g/mol. The van der Waals surface area contributed by atoms with Crippen LogP contribution in [0.5, 0.6) is 0 Å². The van der Waals surface area contributed by atoms with Crippen molar-refractivity contribution in [2.24, 2.45) is 0 Å². The Labute approximate surface area is 114 Å². The molecule has 0 saturated heterocycles. The lowest BCUT2D eigenvalue weighted by molar-refractivity contribution is 0.574. The summed E-state index contributed by atoms with van der Waals surface area (Å²) in [7, 11) is 0. The first kappa shape index (κ1) is 13.6. The van der Waals surface area contributed by atoms with E-state index in [2.05, 4.69) is 10.3 Å². The van der Waals surface area contributed by atoms with Crippen LogP contribution in [0.25, 0.3) is 0 Å². The molecule has 1 heterocycles. The van der Waals surface area contributed by atoms with Crippen molar-refractivity contribution in [3.8, 4) is 0 Å². The Hall–Kier alpha value is -1.85. The number of H-pyrrole nitrogens is 1. The Morgan fingerprint density at radius 1 is 1.21 bits per heavy atom. The van der Waals surface area contributed by atoms with E-state index in [1.165, 1.54) is 16.3 Å². The van der Waals surface area contributed by atoms with E-state index >= 15 is 0 Å². The maximum Gasteiger partial charge on any atom is 0.328 e. The number of hydrogen-bond donors (Lipinski definition) is 2. The third-order valence-electron chi connectivity index (χ3n) is 2.67. The molecule has 1 aromatic heterocycles. The number of aromatic amines is 1. The first-order valence-electron chi connectivity index (χ1n) is 5.91. The summed E-state index contributed by atoms with van der Waals surface area (Å²) < 4.78 is 1.38. The maximum absolute atomic E-state index is 11.5. The van der Waals surface area contributed by atoms with Crippen LogP contribution in [0, 0.1) is 0 Å². The van der Waals surface area contributed by atoms with Crippen LogP contribution in [0.2, 0.25) is 5.02 Å². The molecule has 0 atom stereocenters. The van der Waals surface area contributed by atoms with Crippen molar-refractivity contribution in [1.82, 2.24) is 14.9 Å². The van der Waals surface area contributed by atoms with Crippen molar-refractivity contribution in [1.29, 1.82) is 0 Å². The summed E-state index contributed by atoms with van der Waals surface area (Å²) in [5, 5.41) is 3.23. The van der Waals surface area contributed by atoms with Gasteiger partial charge in [0.1, 0.15) is 5.02 Å². The second-order valence-corrected chi connectivity index (χ2v) is 4.50. The van der Waals surface area contributed by atoms with Crippen LogP contribution in [0.3, 0.4) is 0 Å². The summed E-state index contributed by atoms with van der Waals surface area (Å²) in [6.07, 6.45) is 1.35. The van der Waals surface area contributed by atoms with E-state index in [0.29, 0.717) is 13.1 Å². The number of hydrogen-bond acceptors (Lipinski definition) is 3. The molecule has 2 rings (SSSR count). The van der Waals surface area contributed by atoms with Crippen LogP contribution in [0.4, 0.5) is 0 Å². The van der Waals surface area contributed by atoms with Crippen molar-refractivity contribution in [2.75, 3.05) is 6.54 Å². The summed E-state index contributed by atoms with van der Waals surface area (Å²) in [4.78, 5) is 24.7. The highest BCUT2D eigenvalue weighted by molar-refractivity contribution is 6.30. The summed E-state index contributed by atoms with van der Waals surface area (Å²) in [5.41, 5.74) is 0.172. The van der Waals surface area contributed by atoms with Crippen LogP contribution >= 0.6 is 11.6 Å². The van der Waals surface area contributed by atoms with E-state index in [9.17, 15) is 9.59 Å². The van der Waals surface area contributed by atoms with Crippen LogP contribution in [0.15, 0.2) is 46.1 Å². The lowest BCUT2D eigenvalue weighted by Crippen LogP contribution is -2.32. The van der Waals surface area contributed by atoms with Crippen molar-refractivity contribution in [2.45, 2.75) is 13.1 Å². The van der Waals surface area contributed by atoms with Crippen LogP contribution in [-0.4, -0.2) is 16.1 Å². The van der Waals surface area contributed by atoms with E-state index in [1.54, 1.807) is 0 Å². The second-order valence-electron chi connectivity index (χ2n) is 4.09. The SMILES string of the molecule is O=c1[nH]c(=O)n(CCNCc2ccccc2)cc1Cl. The van der Waals surface area contributed by atoms with Gasteiger partial charge in [0.05, 0.1) is 0 Å². The fraction of sp³-hybridized carbons (Fsp3) is 0.231. The minimum absolute atomic E-state index is 0.0164. The summed E-state index contributed by atoms with van der Waals surface area (Å²) >= 11 is 5.67. The number of nitrogens with one attached hydrogen (secondary N) is 2. The van der Waals surface area contributed by atoms with E-state index < -0.39 is 11.2 Å². The Kier molecular flexibility index (Phi) is 4.54. The van der Waals surface area contributed by atoms with Gasteiger partial charge in [-0.25, -0.2) is 4.79 Å². The molecule has 0 unspecified atom stereocenters. The summed E-state index contributed by atoms with van der Waals surface area (Å²) in [6.45, 7) is 1.78. The highest BCUT2D eigenvalue weighted by Gasteiger charge is 2.01. The minimum atomic E-state index is -0.555. The first-order valence-corrected chi connectivity index (χ1v) is 6.28. The zero-order valence-corrected chi connectivity index (χ0v) is 11.0. The molecule has 0 spiro atoms. The third-order valence-corrected chi connectivity index (χ3v) is 2.94. The quantitative estimate of drug-likeness (QED) is 0.802. The Morgan fingerprint density at radius 3 is 2.68 bits per heavy atom. The average Bonchev–Trinajstić information content (AvgIpc) is 2.41. The lowest BCUT2D eigenvalue weighted by Gasteiger charge is -2.07. The van der Waals surface area contributed by atoms with Gasteiger partial charge in [-0.1, -0.05) is 41.9 Å². The summed E-state index contributed by atoms with van der Waals surface area (Å²) in [5.74, 6) is 0. The normalized spacial score (nSPS) is 10.6. The van der Waals surface area contributed by atoms with Crippen molar-refractivity contribution < 1.29 is 0 Å². The molecule has 19 heavy (non-hydrogen) atoms. The molecule has 0 aliphatic heterocycles. The van der Waals surface area contributed by atoms with Gasteiger partial charge in [0.2, 0.25) is 0 Å². The molecule has 0 amide bonds. The lowest BCUT2D eigenvalue weighted by atomic mass is 10.2. The van der Waals surface area contributed by atoms with E-state index in [0.717, 1.165) is 6.54 Å². The van der Waals surface area contributed by atoms with Crippen LogP contribution in [-0.2, 0) is 13.1 Å². The molecule has 100 valence electrons. The van der Waals surface area contributed by atoms with Crippen molar-refractivity contribution >= 4 is 11.6 Å². The molecule has 2 N–H and O–H groups in total. The standard InChI is InChI=1S/C13H14ClN3O2/c14-11-9-17(13(19)16-12(11)18)7-6-15-8-10-4-2-1-3-5-10/h1-5,9,15H,6-8H2,(H,16,18,19). The van der Waals surface area contributed by atoms with E-state index in [-0.39, 0.29) is 5.02 Å². The molecule has 1 aromatic carbocycles. The Morgan fingerprint density at radius 2 is 1.95 bits per heavy atom. The molecule has 6 heteroatoms. The second kappa shape index (κ2) is 6.36. The first-order chi connectivity index (χ1) is 9.16. The van der Waals surface area contributed by atoms with Crippen LogP contribution < -0.4 is 16.6 Å². The smallest absolute Gasteiger partial charge is 0.311 e. The zero-order chi connectivity index (χ0) is 13.7. The molecule has 0 aliphatic carbocycles. The van der Waals surface area contributed by atoms with E-state index in [4.69, 9.17) is 11.6 Å². The minimum Gasteiger partial charge on any atom is -0.311 e. The third kappa shape index (κ3) is 3.81. The number of aromatic nitrogens is 2. The molecular formula is C13H14ClN3O2. The monoisotopic (exact) mass is 279 g/mol. The topological polar surface area (TPSA) is 66.9 Å². The van der Waals surface area contributed by atoms with Gasteiger partial charge in [-0.15, -0.1) is 0 Å². The van der Waals surface area contributed by atoms with E-state index in [1.807, 2.05) is 30.3 Å². The Bertz CT molecular complexity index is 649. The van der Waals surface area contributed by atoms with Crippen molar-refractivity contribution in [3.63, 3.8) is 0 Å². The van der Waals surface area contributed by atoms with Gasteiger partial charge in [-0.3, -0.25) is 14.3 Å². The Balaban J connectivity index is 1.88. The van der Waals surface area contributed by atoms with Crippen molar-refractivity contribution in [3.05, 3.63) is 68.0 Å². The van der Waals surface area contributed by atoms with Gasteiger partial charge < -0.3 is 5.32 Å². The maximum atomic E-state index is 11.5.